The molecule has 0 bridgehead atoms. The number of carbonyl (C=O) groups excluding carboxylic acids is 1. The van der Waals surface area contributed by atoms with Crippen molar-refractivity contribution in [3.63, 3.8) is 0 Å². The summed E-state index contributed by atoms with van der Waals surface area (Å²) in [5, 5.41) is 0. The second kappa shape index (κ2) is 7.49. The summed E-state index contributed by atoms with van der Waals surface area (Å²) in [6.45, 7) is 3.81. The SMILES string of the molecule is Cc1ccc2c(c1)N(Cc1ccccc1)C[C@H](CCC(=O)CN)O2. The predicted molar refractivity (Wildman–Crippen MR) is 96.4 cm³/mol. The molecule has 1 atom stereocenters. The van der Waals surface area contributed by atoms with Crippen LogP contribution >= 0.6 is 0 Å². The number of aryl methyl sites for hydroxylation is 1. The van der Waals surface area contributed by atoms with Crippen LogP contribution in [0.3, 0.4) is 0 Å². The molecule has 0 saturated carbocycles. The molecule has 0 fully saturated rings. The van der Waals surface area contributed by atoms with Gasteiger partial charge in [-0.1, -0.05) is 36.4 Å². The second-order valence-electron chi connectivity index (χ2n) is 6.36. The number of rotatable bonds is 6. The van der Waals surface area contributed by atoms with Gasteiger partial charge in [0.2, 0.25) is 0 Å². The van der Waals surface area contributed by atoms with E-state index in [9.17, 15) is 4.79 Å². The fourth-order valence-electron chi connectivity index (χ4n) is 3.06. The van der Waals surface area contributed by atoms with Gasteiger partial charge in [-0.3, -0.25) is 4.79 Å². The highest BCUT2D eigenvalue weighted by Crippen LogP contribution is 2.36. The molecular weight excluding hydrogens is 300 g/mol. The van der Waals surface area contributed by atoms with Gasteiger partial charge in [-0.25, -0.2) is 0 Å². The van der Waals surface area contributed by atoms with E-state index in [1.54, 1.807) is 0 Å². The molecule has 1 heterocycles. The lowest BCUT2D eigenvalue weighted by Crippen LogP contribution is -2.40. The van der Waals surface area contributed by atoms with Crippen molar-refractivity contribution in [3.8, 4) is 5.75 Å². The quantitative estimate of drug-likeness (QED) is 0.887. The van der Waals surface area contributed by atoms with Crippen LogP contribution in [-0.4, -0.2) is 25.0 Å². The average molecular weight is 324 g/mol. The van der Waals surface area contributed by atoms with Crippen molar-refractivity contribution in [1.82, 2.24) is 0 Å². The molecule has 3 rings (SSSR count). The van der Waals surface area contributed by atoms with Gasteiger partial charge in [0, 0.05) is 13.0 Å². The van der Waals surface area contributed by atoms with Gasteiger partial charge >= 0.3 is 0 Å². The number of fused-ring (bicyclic) bond motifs is 1. The van der Waals surface area contributed by atoms with Crippen molar-refractivity contribution in [1.29, 1.82) is 0 Å². The van der Waals surface area contributed by atoms with Crippen molar-refractivity contribution in [2.75, 3.05) is 18.0 Å². The molecule has 4 nitrogen and oxygen atoms in total. The molecule has 126 valence electrons. The Morgan fingerprint density at radius 1 is 1.25 bits per heavy atom. The summed E-state index contributed by atoms with van der Waals surface area (Å²) >= 11 is 0. The Balaban J connectivity index is 1.80. The largest absolute Gasteiger partial charge is 0.486 e. The number of hydrogen-bond donors (Lipinski definition) is 1. The third-order valence-corrected chi connectivity index (χ3v) is 4.36. The normalized spacial score (nSPS) is 16.4. The van der Waals surface area contributed by atoms with E-state index in [0.29, 0.717) is 12.8 Å². The zero-order valence-corrected chi connectivity index (χ0v) is 14.1. The van der Waals surface area contributed by atoms with Crippen LogP contribution in [0, 0.1) is 6.92 Å². The number of hydrogen-bond acceptors (Lipinski definition) is 4. The van der Waals surface area contributed by atoms with Gasteiger partial charge < -0.3 is 15.4 Å². The van der Waals surface area contributed by atoms with Gasteiger partial charge in [0.15, 0.2) is 0 Å². The second-order valence-corrected chi connectivity index (χ2v) is 6.36. The summed E-state index contributed by atoms with van der Waals surface area (Å²) in [5.41, 5.74) is 9.02. The van der Waals surface area contributed by atoms with E-state index in [2.05, 4.69) is 48.2 Å². The Labute approximate surface area is 143 Å². The highest BCUT2D eigenvalue weighted by Gasteiger charge is 2.26. The molecule has 0 unspecified atom stereocenters. The third kappa shape index (κ3) is 3.95. The first kappa shape index (κ1) is 16.5. The summed E-state index contributed by atoms with van der Waals surface area (Å²) in [6.07, 6.45) is 1.19. The Bertz CT molecular complexity index is 700. The number of benzene rings is 2. The van der Waals surface area contributed by atoms with Crippen molar-refractivity contribution >= 4 is 11.5 Å². The van der Waals surface area contributed by atoms with E-state index in [1.165, 1.54) is 11.1 Å². The predicted octanol–water partition coefficient (Wildman–Crippen LogP) is 3.07. The van der Waals surface area contributed by atoms with Crippen molar-refractivity contribution in [2.24, 2.45) is 5.73 Å². The fraction of sp³-hybridized carbons (Fsp3) is 0.350. The van der Waals surface area contributed by atoms with Crippen LogP contribution in [0.4, 0.5) is 5.69 Å². The number of ketones is 1. The minimum absolute atomic E-state index is 0.0134. The van der Waals surface area contributed by atoms with Crippen LogP contribution in [0.15, 0.2) is 48.5 Å². The van der Waals surface area contributed by atoms with Crippen LogP contribution in [-0.2, 0) is 11.3 Å². The van der Waals surface area contributed by atoms with E-state index >= 15 is 0 Å². The molecular formula is C20H24N2O2. The van der Waals surface area contributed by atoms with E-state index in [-0.39, 0.29) is 18.4 Å². The van der Waals surface area contributed by atoms with Crippen LogP contribution < -0.4 is 15.4 Å². The average Bonchev–Trinajstić information content (AvgIpc) is 2.61. The Morgan fingerprint density at radius 3 is 2.79 bits per heavy atom. The van der Waals surface area contributed by atoms with Gasteiger partial charge in [-0.05, 0) is 36.6 Å². The minimum atomic E-state index is 0.0134. The molecule has 0 spiro atoms. The molecule has 0 aromatic heterocycles. The molecule has 0 radical (unpaired) electrons. The van der Waals surface area contributed by atoms with Gasteiger partial charge in [0.05, 0.1) is 18.8 Å². The first-order valence-corrected chi connectivity index (χ1v) is 8.43. The van der Waals surface area contributed by atoms with E-state index in [0.717, 1.165) is 24.5 Å². The lowest BCUT2D eigenvalue weighted by Gasteiger charge is -2.36. The number of Topliss-reactive ketones (excluding diaryl/α,β-unsaturated/α-hetero) is 1. The number of nitrogens with two attached hydrogens (primary N) is 1. The van der Waals surface area contributed by atoms with E-state index in [1.807, 2.05) is 12.1 Å². The molecule has 0 amide bonds. The minimum Gasteiger partial charge on any atom is -0.486 e. The lowest BCUT2D eigenvalue weighted by atomic mass is 10.1. The smallest absolute Gasteiger partial charge is 0.146 e. The van der Waals surface area contributed by atoms with Gasteiger partial charge in [-0.15, -0.1) is 0 Å². The van der Waals surface area contributed by atoms with Gasteiger partial charge in [0.25, 0.3) is 0 Å². The first-order valence-electron chi connectivity index (χ1n) is 8.43. The first-order chi connectivity index (χ1) is 11.7. The van der Waals surface area contributed by atoms with Gasteiger partial charge in [-0.2, -0.15) is 0 Å². The van der Waals surface area contributed by atoms with Crippen molar-refractivity contribution in [2.45, 2.75) is 32.4 Å². The maximum absolute atomic E-state index is 11.5. The standard InChI is InChI=1S/C20H24N2O2/c1-15-7-10-20-19(11-15)22(13-16-5-3-2-4-6-16)14-18(24-20)9-8-17(23)12-21/h2-7,10-11,18H,8-9,12-14,21H2,1H3/t18-/m0/s1. The summed E-state index contributed by atoms with van der Waals surface area (Å²) in [5.74, 6) is 0.982. The number of nitrogens with zero attached hydrogens (tertiary/aromatic N) is 1. The highest BCUT2D eigenvalue weighted by molar-refractivity contribution is 5.80. The Kier molecular flexibility index (Phi) is 5.16. The lowest BCUT2D eigenvalue weighted by molar-refractivity contribution is -0.118. The maximum Gasteiger partial charge on any atom is 0.146 e. The molecule has 0 aliphatic carbocycles. The Morgan fingerprint density at radius 2 is 2.04 bits per heavy atom. The third-order valence-electron chi connectivity index (χ3n) is 4.36. The van der Waals surface area contributed by atoms with E-state index < -0.39 is 0 Å². The van der Waals surface area contributed by atoms with Crippen molar-refractivity contribution < 1.29 is 9.53 Å². The summed E-state index contributed by atoms with van der Waals surface area (Å²) < 4.78 is 6.12. The molecule has 0 saturated heterocycles. The monoisotopic (exact) mass is 324 g/mol. The van der Waals surface area contributed by atoms with Crippen LogP contribution in [0.1, 0.15) is 24.0 Å². The van der Waals surface area contributed by atoms with Crippen LogP contribution in [0.2, 0.25) is 0 Å². The van der Waals surface area contributed by atoms with E-state index in [4.69, 9.17) is 10.5 Å². The molecule has 24 heavy (non-hydrogen) atoms. The number of carbonyl (C=O) groups is 1. The molecule has 2 N–H and O–H groups in total. The fourth-order valence-corrected chi connectivity index (χ4v) is 3.06. The molecule has 4 heteroatoms. The molecule has 1 aliphatic rings. The summed E-state index contributed by atoms with van der Waals surface area (Å²) in [4.78, 5) is 13.9. The van der Waals surface area contributed by atoms with Crippen LogP contribution in [0.25, 0.3) is 0 Å². The number of anilines is 1. The topological polar surface area (TPSA) is 55.6 Å². The van der Waals surface area contributed by atoms with Crippen LogP contribution in [0.5, 0.6) is 5.75 Å². The summed E-state index contributed by atoms with van der Waals surface area (Å²) in [7, 11) is 0. The Hall–Kier alpha value is -2.33. The zero-order chi connectivity index (χ0) is 16.9. The zero-order valence-electron chi connectivity index (χ0n) is 14.1. The molecule has 2 aromatic carbocycles. The maximum atomic E-state index is 11.5. The molecule has 2 aromatic rings. The van der Waals surface area contributed by atoms with Gasteiger partial charge in [0.1, 0.15) is 17.6 Å². The van der Waals surface area contributed by atoms with Crippen molar-refractivity contribution in [3.05, 3.63) is 59.7 Å². The molecule has 1 aliphatic heterocycles. The highest BCUT2D eigenvalue weighted by atomic mass is 16.5. The summed E-state index contributed by atoms with van der Waals surface area (Å²) in [6, 6.07) is 16.7. The number of ether oxygens (including phenoxy) is 1.